The van der Waals surface area contributed by atoms with Gasteiger partial charge in [0.05, 0.1) is 11.9 Å². The lowest BCUT2D eigenvalue weighted by atomic mass is 10.2. The number of aromatic nitrogens is 2. The Hall–Kier alpha value is -2.93. The van der Waals surface area contributed by atoms with Crippen LogP contribution in [-0.2, 0) is 11.2 Å². The number of thiophene rings is 1. The third-order valence-electron chi connectivity index (χ3n) is 4.04. The monoisotopic (exact) mass is 382 g/mol. The molecule has 0 atom stereocenters. The topological polar surface area (TPSA) is 76.0 Å². The van der Waals surface area contributed by atoms with Crippen LogP contribution in [0.2, 0.25) is 0 Å². The predicted octanol–water partition coefficient (Wildman–Crippen LogP) is 2.80. The van der Waals surface area contributed by atoms with E-state index in [1.807, 2.05) is 58.2 Å². The predicted molar refractivity (Wildman–Crippen MR) is 106 cm³/mol. The molecule has 0 aliphatic carbocycles. The van der Waals surface area contributed by atoms with Gasteiger partial charge >= 0.3 is 0 Å². The average molecular weight is 382 g/mol. The number of hydrogen-bond acceptors (Lipinski definition) is 4. The number of amides is 2. The van der Waals surface area contributed by atoms with E-state index in [0.717, 1.165) is 17.7 Å². The van der Waals surface area contributed by atoms with Crippen LogP contribution in [0.4, 0.5) is 0 Å². The van der Waals surface area contributed by atoms with Gasteiger partial charge in [-0.1, -0.05) is 18.2 Å². The Bertz CT molecular complexity index is 859. The SMILES string of the molecule is O=C(CCCNC(=O)c1ccsc1)NCCc1cnn(-c2ccccc2)c1. The van der Waals surface area contributed by atoms with Crippen LogP contribution in [0.15, 0.2) is 59.6 Å². The number of benzene rings is 1. The maximum absolute atomic E-state index is 11.9. The summed E-state index contributed by atoms with van der Waals surface area (Å²) in [5.74, 6) is -0.0951. The van der Waals surface area contributed by atoms with E-state index in [1.54, 1.807) is 6.07 Å². The molecule has 0 fully saturated rings. The molecule has 0 saturated carbocycles. The number of nitrogens with one attached hydrogen (secondary N) is 2. The fraction of sp³-hybridized carbons (Fsp3) is 0.250. The molecule has 2 N–H and O–H groups in total. The van der Waals surface area contributed by atoms with Crippen molar-refractivity contribution < 1.29 is 9.59 Å². The zero-order valence-corrected chi connectivity index (χ0v) is 15.7. The third kappa shape index (κ3) is 5.79. The number of rotatable bonds is 9. The molecule has 1 aromatic carbocycles. The van der Waals surface area contributed by atoms with E-state index in [0.29, 0.717) is 31.5 Å². The highest BCUT2D eigenvalue weighted by atomic mass is 32.1. The van der Waals surface area contributed by atoms with Crippen molar-refractivity contribution in [3.63, 3.8) is 0 Å². The summed E-state index contributed by atoms with van der Waals surface area (Å²) in [6, 6.07) is 11.7. The maximum Gasteiger partial charge on any atom is 0.252 e. The summed E-state index contributed by atoms with van der Waals surface area (Å²) in [4.78, 5) is 23.7. The van der Waals surface area contributed by atoms with Crippen LogP contribution in [0.25, 0.3) is 5.69 Å². The first-order valence-electron chi connectivity index (χ1n) is 8.88. The highest BCUT2D eigenvalue weighted by Gasteiger charge is 2.06. The van der Waals surface area contributed by atoms with Crippen LogP contribution in [0.3, 0.4) is 0 Å². The van der Waals surface area contributed by atoms with E-state index in [-0.39, 0.29) is 11.8 Å². The van der Waals surface area contributed by atoms with Crippen molar-refractivity contribution in [3.05, 3.63) is 70.7 Å². The van der Waals surface area contributed by atoms with Crippen molar-refractivity contribution in [3.8, 4) is 5.69 Å². The molecule has 2 aromatic heterocycles. The van der Waals surface area contributed by atoms with Gasteiger partial charge in [0.1, 0.15) is 0 Å². The van der Waals surface area contributed by atoms with Crippen LogP contribution < -0.4 is 10.6 Å². The largest absolute Gasteiger partial charge is 0.356 e. The molecular formula is C20H22N4O2S. The summed E-state index contributed by atoms with van der Waals surface area (Å²) < 4.78 is 1.83. The van der Waals surface area contributed by atoms with Crippen molar-refractivity contribution in [2.45, 2.75) is 19.3 Å². The zero-order valence-electron chi connectivity index (χ0n) is 14.9. The second-order valence-electron chi connectivity index (χ2n) is 6.10. The molecule has 7 heteroatoms. The molecule has 3 rings (SSSR count). The summed E-state index contributed by atoms with van der Waals surface area (Å²) in [5.41, 5.74) is 2.75. The molecule has 0 spiro atoms. The minimum atomic E-state index is -0.0907. The quantitative estimate of drug-likeness (QED) is 0.559. The van der Waals surface area contributed by atoms with Gasteiger partial charge in [0.2, 0.25) is 5.91 Å². The van der Waals surface area contributed by atoms with Crippen molar-refractivity contribution in [1.82, 2.24) is 20.4 Å². The number of carbonyl (C=O) groups is 2. The molecule has 27 heavy (non-hydrogen) atoms. The molecule has 0 aliphatic rings. The van der Waals surface area contributed by atoms with Gasteiger partial charge in [-0.15, -0.1) is 0 Å². The number of para-hydroxylation sites is 1. The van der Waals surface area contributed by atoms with Crippen molar-refractivity contribution in [1.29, 1.82) is 0 Å². The Morgan fingerprint density at radius 1 is 1.07 bits per heavy atom. The van der Waals surface area contributed by atoms with Gasteiger partial charge in [-0.05, 0) is 42.0 Å². The molecule has 2 heterocycles. The fourth-order valence-corrected chi connectivity index (χ4v) is 3.23. The summed E-state index contributed by atoms with van der Waals surface area (Å²) in [7, 11) is 0. The Balaban J connectivity index is 1.31. The molecule has 0 bridgehead atoms. The normalized spacial score (nSPS) is 10.5. The van der Waals surface area contributed by atoms with Gasteiger partial charge in [-0.3, -0.25) is 9.59 Å². The first-order chi connectivity index (χ1) is 13.2. The van der Waals surface area contributed by atoms with Crippen LogP contribution >= 0.6 is 11.3 Å². The Morgan fingerprint density at radius 3 is 2.70 bits per heavy atom. The molecular weight excluding hydrogens is 360 g/mol. The molecule has 0 aliphatic heterocycles. The Morgan fingerprint density at radius 2 is 1.93 bits per heavy atom. The molecule has 140 valence electrons. The van der Waals surface area contributed by atoms with Gasteiger partial charge in [0.25, 0.3) is 5.91 Å². The molecule has 0 unspecified atom stereocenters. The molecule has 0 radical (unpaired) electrons. The number of nitrogens with zero attached hydrogens (tertiary/aromatic N) is 2. The van der Waals surface area contributed by atoms with E-state index in [4.69, 9.17) is 0 Å². The summed E-state index contributed by atoms with van der Waals surface area (Å²) in [5, 5.41) is 13.7. The van der Waals surface area contributed by atoms with E-state index >= 15 is 0 Å². The third-order valence-corrected chi connectivity index (χ3v) is 4.73. The van der Waals surface area contributed by atoms with Crippen molar-refractivity contribution in [2.75, 3.05) is 13.1 Å². The Labute approximate surface area is 162 Å². The Kier molecular flexibility index (Phi) is 6.76. The summed E-state index contributed by atoms with van der Waals surface area (Å²) in [6.45, 7) is 1.06. The maximum atomic E-state index is 11.9. The number of hydrogen-bond donors (Lipinski definition) is 2. The zero-order chi connectivity index (χ0) is 18.9. The second-order valence-corrected chi connectivity index (χ2v) is 6.88. The fourth-order valence-electron chi connectivity index (χ4n) is 2.59. The smallest absolute Gasteiger partial charge is 0.252 e. The summed E-state index contributed by atoms with van der Waals surface area (Å²) in [6.07, 6.45) is 5.54. The van der Waals surface area contributed by atoms with Crippen LogP contribution in [0, 0.1) is 0 Å². The van der Waals surface area contributed by atoms with Gasteiger partial charge in [0, 0.05) is 36.7 Å². The molecule has 6 nitrogen and oxygen atoms in total. The van der Waals surface area contributed by atoms with Crippen molar-refractivity contribution >= 4 is 23.2 Å². The lowest BCUT2D eigenvalue weighted by Gasteiger charge is -2.05. The lowest BCUT2D eigenvalue weighted by Crippen LogP contribution is -2.28. The highest BCUT2D eigenvalue weighted by Crippen LogP contribution is 2.08. The highest BCUT2D eigenvalue weighted by molar-refractivity contribution is 7.08. The van der Waals surface area contributed by atoms with E-state index in [9.17, 15) is 9.59 Å². The minimum absolute atomic E-state index is 0.00441. The summed E-state index contributed by atoms with van der Waals surface area (Å²) >= 11 is 1.49. The van der Waals surface area contributed by atoms with E-state index < -0.39 is 0 Å². The molecule has 3 aromatic rings. The average Bonchev–Trinajstić information content (AvgIpc) is 3.38. The van der Waals surface area contributed by atoms with Crippen molar-refractivity contribution in [2.24, 2.45) is 0 Å². The van der Waals surface area contributed by atoms with Gasteiger partial charge in [-0.2, -0.15) is 16.4 Å². The van der Waals surface area contributed by atoms with Crippen LogP contribution in [-0.4, -0.2) is 34.7 Å². The second kappa shape index (κ2) is 9.68. The first-order valence-corrected chi connectivity index (χ1v) is 9.83. The van der Waals surface area contributed by atoms with Gasteiger partial charge < -0.3 is 10.6 Å². The lowest BCUT2D eigenvalue weighted by molar-refractivity contribution is -0.121. The first kappa shape index (κ1) is 18.8. The molecule has 0 saturated heterocycles. The van der Waals surface area contributed by atoms with Gasteiger partial charge in [-0.25, -0.2) is 4.68 Å². The van der Waals surface area contributed by atoms with Crippen LogP contribution in [0.5, 0.6) is 0 Å². The minimum Gasteiger partial charge on any atom is -0.356 e. The van der Waals surface area contributed by atoms with E-state index in [2.05, 4.69) is 15.7 Å². The van der Waals surface area contributed by atoms with E-state index in [1.165, 1.54) is 11.3 Å². The number of carbonyl (C=O) groups excluding carboxylic acids is 2. The van der Waals surface area contributed by atoms with Crippen LogP contribution in [0.1, 0.15) is 28.8 Å². The van der Waals surface area contributed by atoms with Gasteiger partial charge in [0.15, 0.2) is 0 Å². The standard InChI is InChI=1S/C20H22N4O2S/c25-19(7-4-10-22-20(26)17-9-12-27-15-17)21-11-8-16-13-23-24(14-16)18-5-2-1-3-6-18/h1-3,5-6,9,12-15H,4,7-8,10-11H2,(H,21,25)(H,22,26). The molecule has 2 amide bonds.